The summed E-state index contributed by atoms with van der Waals surface area (Å²) in [5.74, 6) is 0.638. The van der Waals surface area contributed by atoms with Crippen LogP contribution in [-0.4, -0.2) is 33.4 Å². The quantitative estimate of drug-likeness (QED) is 0.913. The van der Waals surface area contributed by atoms with E-state index in [-0.39, 0.29) is 0 Å². The minimum absolute atomic E-state index is 0.300. The molecule has 0 amide bonds. The van der Waals surface area contributed by atoms with E-state index in [1.54, 1.807) is 0 Å². The first-order valence-corrected chi connectivity index (χ1v) is 7.04. The van der Waals surface area contributed by atoms with E-state index in [0.717, 1.165) is 31.0 Å². The Morgan fingerprint density at radius 2 is 2.26 bits per heavy atom. The second kappa shape index (κ2) is 4.94. The van der Waals surface area contributed by atoms with Gasteiger partial charge >= 0.3 is 0 Å². The number of nitrogens with two attached hydrogens (primary N) is 1. The highest BCUT2D eigenvalue weighted by Crippen LogP contribution is 2.20. The van der Waals surface area contributed by atoms with E-state index >= 15 is 0 Å². The number of hydrogen-bond acceptors (Lipinski definition) is 3. The first kappa shape index (κ1) is 12.6. The van der Waals surface area contributed by atoms with Gasteiger partial charge in [-0.3, -0.25) is 4.90 Å². The van der Waals surface area contributed by atoms with Crippen molar-refractivity contribution in [3.63, 3.8) is 0 Å². The third kappa shape index (κ3) is 2.65. The minimum Gasteiger partial charge on any atom is -0.328 e. The van der Waals surface area contributed by atoms with Gasteiger partial charge in [0.05, 0.1) is 5.69 Å². The lowest BCUT2D eigenvalue weighted by atomic mass is 10.0. The third-order valence-corrected chi connectivity index (χ3v) is 4.09. The van der Waals surface area contributed by atoms with Crippen LogP contribution < -0.4 is 5.73 Å². The standard InChI is InChI=1S/C15H22N4/c1-11-3-4-15-17-14(10-19(15)7-11)9-18-6-5-13(8-18)12(2)16/h3-4,7,10,12-13H,5-6,8-9,16H2,1-2H3. The number of pyridine rings is 1. The summed E-state index contributed by atoms with van der Waals surface area (Å²) in [6, 6.07) is 4.48. The molecule has 0 radical (unpaired) electrons. The molecule has 1 aliphatic heterocycles. The van der Waals surface area contributed by atoms with Gasteiger partial charge in [0.25, 0.3) is 0 Å². The van der Waals surface area contributed by atoms with E-state index in [4.69, 9.17) is 5.73 Å². The molecule has 1 saturated heterocycles. The van der Waals surface area contributed by atoms with Crippen LogP contribution in [0.4, 0.5) is 0 Å². The van der Waals surface area contributed by atoms with Gasteiger partial charge < -0.3 is 10.1 Å². The van der Waals surface area contributed by atoms with E-state index in [2.05, 4.69) is 52.7 Å². The Kier molecular flexibility index (Phi) is 3.29. The van der Waals surface area contributed by atoms with Gasteiger partial charge in [-0.25, -0.2) is 4.98 Å². The monoisotopic (exact) mass is 258 g/mol. The SMILES string of the molecule is Cc1ccc2nc(CN3CCC(C(C)N)C3)cn2c1. The number of likely N-dealkylation sites (tertiary alicyclic amines) is 1. The molecule has 0 aromatic carbocycles. The lowest BCUT2D eigenvalue weighted by Crippen LogP contribution is -2.29. The third-order valence-electron chi connectivity index (χ3n) is 4.09. The summed E-state index contributed by atoms with van der Waals surface area (Å²) < 4.78 is 2.11. The summed E-state index contributed by atoms with van der Waals surface area (Å²) in [7, 11) is 0. The molecule has 4 nitrogen and oxygen atoms in total. The molecule has 1 fully saturated rings. The van der Waals surface area contributed by atoms with Crippen molar-refractivity contribution in [2.24, 2.45) is 11.7 Å². The van der Waals surface area contributed by atoms with Crippen LogP contribution in [0.15, 0.2) is 24.5 Å². The molecule has 2 atom stereocenters. The number of aromatic nitrogens is 2. The Balaban J connectivity index is 1.72. The maximum absolute atomic E-state index is 5.98. The van der Waals surface area contributed by atoms with Crippen molar-refractivity contribution < 1.29 is 0 Å². The first-order chi connectivity index (χ1) is 9.11. The molecule has 19 heavy (non-hydrogen) atoms. The molecular formula is C15H22N4. The van der Waals surface area contributed by atoms with Crippen LogP contribution in [0.25, 0.3) is 5.65 Å². The van der Waals surface area contributed by atoms with Gasteiger partial charge in [0, 0.05) is 31.5 Å². The van der Waals surface area contributed by atoms with E-state index in [1.165, 1.54) is 12.0 Å². The summed E-state index contributed by atoms with van der Waals surface area (Å²) in [5.41, 5.74) is 9.42. The fraction of sp³-hybridized carbons (Fsp3) is 0.533. The van der Waals surface area contributed by atoms with Crippen LogP contribution in [0.1, 0.15) is 24.6 Å². The van der Waals surface area contributed by atoms with Crippen LogP contribution in [-0.2, 0) is 6.54 Å². The molecule has 102 valence electrons. The van der Waals surface area contributed by atoms with Crippen LogP contribution in [0.3, 0.4) is 0 Å². The maximum atomic E-state index is 5.98. The molecule has 0 bridgehead atoms. The van der Waals surface area contributed by atoms with Crippen LogP contribution >= 0.6 is 0 Å². The molecule has 0 saturated carbocycles. The van der Waals surface area contributed by atoms with Crippen LogP contribution in [0.5, 0.6) is 0 Å². The van der Waals surface area contributed by atoms with Gasteiger partial charge in [-0.2, -0.15) is 0 Å². The van der Waals surface area contributed by atoms with E-state index in [1.807, 2.05) is 0 Å². The molecule has 4 heteroatoms. The van der Waals surface area contributed by atoms with Crippen molar-refractivity contribution >= 4 is 5.65 Å². The van der Waals surface area contributed by atoms with Crippen molar-refractivity contribution in [2.75, 3.05) is 13.1 Å². The predicted octanol–water partition coefficient (Wildman–Crippen LogP) is 1.81. The molecule has 0 spiro atoms. The Bertz CT molecular complexity index is 573. The summed E-state index contributed by atoms with van der Waals surface area (Å²) in [6.07, 6.45) is 5.48. The molecule has 2 aromatic rings. The summed E-state index contributed by atoms with van der Waals surface area (Å²) in [6.45, 7) is 7.39. The molecule has 2 aromatic heterocycles. The lowest BCUT2D eigenvalue weighted by molar-refractivity contribution is 0.305. The van der Waals surface area contributed by atoms with Gasteiger partial charge in [0.2, 0.25) is 0 Å². The zero-order chi connectivity index (χ0) is 13.4. The summed E-state index contributed by atoms with van der Waals surface area (Å²) in [5, 5.41) is 0. The Morgan fingerprint density at radius 3 is 3.00 bits per heavy atom. The van der Waals surface area contributed by atoms with Crippen molar-refractivity contribution in [1.29, 1.82) is 0 Å². The van der Waals surface area contributed by atoms with E-state index < -0.39 is 0 Å². The first-order valence-electron chi connectivity index (χ1n) is 7.04. The molecule has 3 rings (SSSR count). The van der Waals surface area contributed by atoms with Gasteiger partial charge in [-0.15, -0.1) is 0 Å². The normalized spacial score (nSPS) is 22.2. The Hall–Kier alpha value is -1.39. The fourth-order valence-electron chi connectivity index (χ4n) is 2.90. The largest absolute Gasteiger partial charge is 0.328 e. The molecule has 3 heterocycles. The average Bonchev–Trinajstić information content (AvgIpc) is 2.95. The second-order valence-electron chi connectivity index (χ2n) is 5.85. The van der Waals surface area contributed by atoms with E-state index in [0.29, 0.717) is 12.0 Å². The molecule has 2 N–H and O–H groups in total. The molecule has 1 aliphatic rings. The number of rotatable bonds is 3. The van der Waals surface area contributed by atoms with Crippen molar-refractivity contribution in [3.05, 3.63) is 35.8 Å². The highest BCUT2D eigenvalue weighted by molar-refractivity contribution is 5.41. The highest BCUT2D eigenvalue weighted by Gasteiger charge is 2.25. The summed E-state index contributed by atoms with van der Waals surface area (Å²) in [4.78, 5) is 7.14. The molecular weight excluding hydrogens is 236 g/mol. The zero-order valence-electron chi connectivity index (χ0n) is 11.7. The number of nitrogens with zero attached hydrogens (tertiary/aromatic N) is 3. The average molecular weight is 258 g/mol. The summed E-state index contributed by atoms with van der Waals surface area (Å²) >= 11 is 0. The Labute approximate surface area is 114 Å². The smallest absolute Gasteiger partial charge is 0.137 e. The van der Waals surface area contributed by atoms with Crippen LogP contribution in [0.2, 0.25) is 0 Å². The van der Waals surface area contributed by atoms with Gasteiger partial charge in [-0.05, 0) is 44.4 Å². The van der Waals surface area contributed by atoms with Crippen LogP contribution in [0, 0.1) is 12.8 Å². The number of fused-ring (bicyclic) bond motifs is 1. The van der Waals surface area contributed by atoms with Gasteiger partial charge in [0.1, 0.15) is 5.65 Å². The number of hydrogen-bond donors (Lipinski definition) is 1. The second-order valence-corrected chi connectivity index (χ2v) is 5.85. The van der Waals surface area contributed by atoms with Gasteiger partial charge in [0.15, 0.2) is 0 Å². The maximum Gasteiger partial charge on any atom is 0.137 e. The number of aryl methyl sites for hydroxylation is 1. The highest BCUT2D eigenvalue weighted by atomic mass is 15.2. The zero-order valence-corrected chi connectivity index (χ0v) is 11.7. The minimum atomic E-state index is 0.300. The van der Waals surface area contributed by atoms with Crippen molar-refractivity contribution in [2.45, 2.75) is 32.9 Å². The van der Waals surface area contributed by atoms with Gasteiger partial charge in [-0.1, -0.05) is 6.07 Å². The fourth-order valence-corrected chi connectivity index (χ4v) is 2.90. The Morgan fingerprint density at radius 1 is 1.42 bits per heavy atom. The lowest BCUT2D eigenvalue weighted by Gasteiger charge is -2.16. The van der Waals surface area contributed by atoms with Crippen molar-refractivity contribution in [1.82, 2.24) is 14.3 Å². The molecule has 0 aliphatic carbocycles. The van der Waals surface area contributed by atoms with Crippen molar-refractivity contribution in [3.8, 4) is 0 Å². The topological polar surface area (TPSA) is 46.6 Å². The van der Waals surface area contributed by atoms with E-state index in [9.17, 15) is 0 Å². The molecule has 2 unspecified atom stereocenters. The predicted molar refractivity (Wildman–Crippen MR) is 77.0 cm³/mol. The number of imidazole rings is 1.